The zero-order chi connectivity index (χ0) is 16.9. The molecule has 2 aromatic rings. The Hall–Kier alpha value is -2.05. The molecule has 1 amide bonds. The van der Waals surface area contributed by atoms with Crippen LogP contribution in [0.1, 0.15) is 24.6 Å². The third kappa shape index (κ3) is 4.07. The molecule has 1 aromatic carbocycles. The highest BCUT2D eigenvalue weighted by molar-refractivity contribution is 6.30. The molecule has 7 heteroatoms. The van der Waals surface area contributed by atoms with E-state index in [1.54, 1.807) is 35.1 Å². The Kier molecular flexibility index (Phi) is 5.37. The fourth-order valence-electron chi connectivity index (χ4n) is 2.76. The largest absolute Gasteiger partial charge is 0.493 e. The lowest BCUT2D eigenvalue weighted by atomic mass is 10.1. The molecule has 24 heavy (non-hydrogen) atoms. The van der Waals surface area contributed by atoms with Gasteiger partial charge in [0.15, 0.2) is 0 Å². The number of aryl methyl sites for hydroxylation is 1. The lowest BCUT2D eigenvalue weighted by molar-refractivity contribution is -0.122. The van der Waals surface area contributed by atoms with Crippen molar-refractivity contribution in [3.05, 3.63) is 47.2 Å². The molecule has 6 nitrogen and oxygen atoms in total. The van der Waals surface area contributed by atoms with E-state index in [1.807, 2.05) is 13.1 Å². The SMILES string of the molecule is Cn1nccc1[C@H]1OCC[C@@H]1NC(=O)CCOc1ccc(Cl)cc1. The van der Waals surface area contributed by atoms with Gasteiger partial charge in [0.1, 0.15) is 11.9 Å². The standard InChI is InChI=1S/C17H20ClN3O3/c1-21-15(6-9-19-21)17-14(7-10-24-17)20-16(22)8-11-23-13-4-2-12(18)3-5-13/h2-6,9,14,17H,7-8,10-11H2,1H3,(H,20,22)/t14-,17-/m0/s1. The summed E-state index contributed by atoms with van der Waals surface area (Å²) in [5.74, 6) is 0.649. The van der Waals surface area contributed by atoms with Crippen molar-refractivity contribution in [3.8, 4) is 5.75 Å². The van der Waals surface area contributed by atoms with Crippen LogP contribution in [-0.4, -0.2) is 34.9 Å². The first-order chi connectivity index (χ1) is 11.6. The van der Waals surface area contributed by atoms with E-state index in [1.165, 1.54) is 0 Å². The number of halogens is 1. The second-order valence-electron chi connectivity index (χ2n) is 5.69. The second-order valence-corrected chi connectivity index (χ2v) is 6.12. The second kappa shape index (κ2) is 7.68. The molecule has 0 aliphatic carbocycles. The summed E-state index contributed by atoms with van der Waals surface area (Å²) in [6, 6.07) is 8.95. The van der Waals surface area contributed by atoms with E-state index in [0.29, 0.717) is 24.0 Å². The minimum Gasteiger partial charge on any atom is -0.493 e. The van der Waals surface area contributed by atoms with Gasteiger partial charge in [-0.15, -0.1) is 0 Å². The van der Waals surface area contributed by atoms with Crippen molar-refractivity contribution in [1.29, 1.82) is 0 Å². The minimum absolute atomic E-state index is 0.0385. The number of ether oxygens (including phenoxy) is 2. The Morgan fingerprint density at radius 1 is 1.42 bits per heavy atom. The van der Waals surface area contributed by atoms with E-state index in [4.69, 9.17) is 21.1 Å². The summed E-state index contributed by atoms with van der Waals surface area (Å²) in [4.78, 5) is 12.2. The van der Waals surface area contributed by atoms with Crippen LogP contribution < -0.4 is 10.1 Å². The van der Waals surface area contributed by atoms with Crippen molar-refractivity contribution < 1.29 is 14.3 Å². The molecule has 0 unspecified atom stereocenters. The molecule has 0 saturated carbocycles. The topological polar surface area (TPSA) is 65.4 Å². The maximum absolute atomic E-state index is 12.2. The normalized spacial score (nSPS) is 20.1. The van der Waals surface area contributed by atoms with Crippen LogP contribution in [0, 0.1) is 0 Å². The summed E-state index contributed by atoms with van der Waals surface area (Å²) >= 11 is 5.82. The molecule has 1 saturated heterocycles. The Balaban J connectivity index is 1.47. The van der Waals surface area contributed by atoms with Crippen LogP contribution in [0.5, 0.6) is 5.75 Å². The molecule has 1 fully saturated rings. The van der Waals surface area contributed by atoms with Crippen LogP contribution in [0.2, 0.25) is 5.02 Å². The van der Waals surface area contributed by atoms with Crippen molar-refractivity contribution in [1.82, 2.24) is 15.1 Å². The number of amides is 1. The Bertz CT molecular complexity index is 687. The summed E-state index contributed by atoms with van der Waals surface area (Å²) < 4.78 is 13.1. The molecule has 2 atom stereocenters. The number of carbonyl (C=O) groups is 1. The third-order valence-electron chi connectivity index (χ3n) is 4.00. The molecule has 0 radical (unpaired) electrons. The van der Waals surface area contributed by atoms with Gasteiger partial charge in [0.2, 0.25) is 5.91 Å². The number of hydrogen-bond donors (Lipinski definition) is 1. The predicted octanol–water partition coefficient (Wildman–Crippen LogP) is 2.49. The molecule has 1 N–H and O–H groups in total. The van der Waals surface area contributed by atoms with E-state index in [-0.39, 0.29) is 24.5 Å². The Morgan fingerprint density at radius 3 is 2.92 bits per heavy atom. The van der Waals surface area contributed by atoms with Crippen molar-refractivity contribution in [2.24, 2.45) is 7.05 Å². The zero-order valence-corrected chi connectivity index (χ0v) is 14.2. The van der Waals surface area contributed by atoms with Crippen LogP contribution in [-0.2, 0) is 16.6 Å². The first kappa shape index (κ1) is 16.8. The van der Waals surface area contributed by atoms with Crippen LogP contribution in [0.4, 0.5) is 0 Å². The maximum atomic E-state index is 12.2. The zero-order valence-electron chi connectivity index (χ0n) is 13.4. The van der Waals surface area contributed by atoms with E-state index < -0.39 is 0 Å². The minimum atomic E-state index is -0.154. The fraction of sp³-hybridized carbons (Fsp3) is 0.412. The lowest BCUT2D eigenvalue weighted by Gasteiger charge is -2.20. The van der Waals surface area contributed by atoms with Gasteiger partial charge in [-0.25, -0.2) is 0 Å². The average Bonchev–Trinajstić information content (AvgIpc) is 3.18. The molecule has 1 aliphatic heterocycles. The summed E-state index contributed by atoms with van der Waals surface area (Å²) in [6.07, 6.45) is 2.66. The number of nitrogens with one attached hydrogen (secondary N) is 1. The van der Waals surface area contributed by atoms with Crippen LogP contribution in [0.25, 0.3) is 0 Å². The van der Waals surface area contributed by atoms with Gasteiger partial charge in [0, 0.05) is 24.9 Å². The van der Waals surface area contributed by atoms with Gasteiger partial charge in [-0.2, -0.15) is 5.10 Å². The molecule has 2 heterocycles. The Morgan fingerprint density at radius 2 is 2.21 bits per heavy atom. The average molecular weight is 350 g/mol. The van der Waals surface area contributed by atoms with E-state index in [2.05, 4.69) is 10.4 Å². The van der Waals surface area contributed by atoms with Gasteiger partial charge in [0.25, 0.3) is 0 Å². The maximum Gasteiger partial charge on any atom is 0.223 e. The number of nitrogens with zero attached hydrogens (tertiary/aromatic N) is 2. The summed E-state index contributed by atoms with van der Waals surface area (Å²) in [6.45, 7) is 0.944. The molecular weight excluding hydrogens is 330 g/mol. The molecule has 3 rings (SSSR count). The van der Waals surface area contributed by atoms with E-state index >= 15 is 0 Å². The fourth-order valence-corrected chi connectivity index (χ4v) is 2.89. The smallest absolute Gasteiger partial charge is 0.223 e. The van der Waals surface area contributed by atoms with E-state index in [0.717, 1.165) is 12.1 Å². The van der Waals surface area contributed by atoms with Gasteiger partial charge in [-0.1, -0.05) is 11.6 Å². The molecule has 0 spiro atoms. The van der Waals surface area contributed by atoms with Crippen molar-refractivity contribution in [2.45, 2.75) is 25.0 Å². The van der Waals surface area contributed by atoms with Gasteiger partial charge < -0.3 is 14.8 Å². The molecule has 1 aromatic heterocycles. The molecule has 128 valence electrons. The van der Waals surface area contributed by atoms with Crippen molar-refractivity contribution in [3.63, 3.8) is 0 Å². The molecule has 1 aliphatic rings. The molecular formula is C17H20ClN3O3. The summed E-state index contributed by atoms with van der Waals surface area (Å²) in [5.41, 5.74) is 0.968. The monoisotopic (exact) mass is 349 g/mol. The van der Waals surface area contributed by atoms with Crippen LogP contribution >= 0.6 is 11.6 Å². The number of aromatic nitrogens is 2. The van der Waals surface area contributed by atoms with Crippen LogP contribution in [0.3, 0.4) is 0 Å². The van der Waals surface area contributed by atoms with Gasteiger partial charge >= 0.3 is 0 Å². The van der Waals surface area contributed by atoms with E-state index in [9.17, 15) is 4.79 Å². The van der Waals surface area contributed by atoms with Crippen LogP contribution in [0.15, 0.2) is 36.5 Å². The number of rotatable bonds is 6. The van der Waals surface area contributed by atoms with Crippen molar-refractivity contribution in [2.75, 3.05) is 13.2 Å². The van der Waals surface area contributed by atoms with Crippen molar-refractivity contribution >= 4 is 17.5 Å². The highest BCUT2D eigenvalue weighted by Gasteiger charge is 2.32. The molecule has 0 bridgehead atoms. The number of hydrogen-bond acceptors (Lipinski definition) is 4. The quantitative estimate of drug-likeness (QED) is 0.870. The van der Waals surface area contributed by atoms with Gasteiger partial charge in [0.05, 0.1) is 24.8 Å². The van der Waals surface area contributed by atoms with Gasteiger partial charge in [-0.05, 0) is 36.8 Å². The summed E-state index contributed by atoms with van der Waals surface area (Å²) in [7, 11) is 1.87. The van der Waals surface area contributed by atoms with Gasteiger partial charge in [-0.3, -0.25) is 9.48 Å². The number of carbonyl (C=O) groups excluding carboxylic acids is 1. The first-order valence-corrected chi connectivity index (χ1v) is 8.28. The lowest BCUT2D eigenvalue weighted by Crippen LogP contribution is -2.37. The number of benzene rings is 1. The highest BCUT2D eigenvalue weighted by atomic mass is 35.5. The summed E-state index contributed by atoms with van der Waals surface area (Å²) in [5, 5.41) is 7.85. The highest BCUT2D eigenvalue weighted by Crippen LogP contribution is 2.28. The first-order valence-electron chi connectivity index (χ1n) is 7.91. The predicted molar refractivity (Wildman–Crippen MR) is 90.0 cm³/mol. The Labute approximate surface area is 145 Å². The third-order valence-corrected chi connectivity index (χ3v) is 4.25.